The molecular formula is C31H52F2O. The molecule has 34 heavy (non-hydrogen) atoms. The zero-order chi connectivity index (χ0) is 24.0. The van der Waals surface area contributed by atoms with E-state index in [2.05, 4.69) is 13.8 Å². The summed E-state index contributed by atoms with van der Waals surface area (Å²) in [6.45, 7) is 6.53. The van der Waals surface area contributed by atoms with E-state index in [9.17, 15) is 0 Å². The molecule has 1 aliphatic heterocycles. The minimum atomic E-state index is -1.13. The smallest absolute Gasteiger partial charge is 0.159 e. The molecular weight excluding hydrogens is 426 g/mol. The fourth-order valence-electron chi connectivity index (χ4n) is 9.85. The first kappa shape index (κ1) is 25.5. The van der Waals surface area contributed by atoms with Crippen LogP contribution < -0.4 is 0 Å². The van der Waals surface area contributed by atoms with Gasteiger partial charge in [0.05, 0.1) is 0 Å². The molecule has 1 spiro atoms. The fourth-order valence-corrected chi connectivity index (χ4v) is 9.85. The molecule has 1 saturated heterocycles. The second-order valence-electron chi connectivity index (χ2n) is 13.8. The molecule has 3 unspecified atom stereocenters. The van der Waals surface area contributed by atoms with Crippen LogP contribution >= 0.6 is 0 Å². The zero-order valence-corrected chi connectivity index (χ0v) is 22.5. The predicted molar refractivity (Wildman–Crippen MR) is 136 cm³/mol. The van der Waals surface area contributed by atoms with Crippen LogP contribution in [0.3, 0.4) is 0 Å². The van der Waals surface area contributed by atoms with Gasteiger partial charge in [-0.2, -0.15) is 0 Å². The van der Waals surface area contributed by atoms with Gasteiger partial charge in [-0.15, -0.1) is 0 Å². The van der Waals surface area contributed by atoms with E-state index in [1.165, 1.54) is 89.9 Å². The summed E-state index contributed by atoms with van der Waals surface area (Å²) in [6, 6.07) is 0. The second kappa shape index (κ2) is 9.60. The van der Waals surface area contributed by atoms with Crippen molar-refractivity contribution < 1.29 is 13.5 Å². The number of ether oxygens (including phenoxy) is 1. The van der Waals surface area contributed by atoms with Gasteiger partial charge in [-0.25, -0.2) is 8.78 Å². The van der Waals surface area contributed by atoms with Gasteiger partial charge >= 0.3 is 0 Å². The van der Waals surface area contributed by atoms with Crippen LogP contribution in [0.4, 0.5) is 8.78 Å². The van der Waals surface area contributed by atoms with E-state index in [1.54, 1.807) is 0 Å². The summed E-state index contributed by atoms with van der Waals surface area (Å²) < 4.78 is 37.1. The van der Waals surface area contributed by atoms with Gasteiger partial charge in [-0.05, 0) is 125 Å². The van der Waals surface area contributed by atoms with Crippen molar-refractivity contribution in [3.63, 3.8) is 0 Å². The van der Waals surface area contributed by atoms with E-state index in [4.69, 9.17) is 4.74 Å². The monoisotopic (exact) mass is 478 g/mol. The quantitative estimate of drug-likeness (QED) is 0.237. The van der Waals surface area contributed by atoms with Gasteiger partial charge in [-0.3, -0.25) is 0 Å². The molecule has 196 valence electrons. The Morgan fingerprint density at radius 3 is 1.88 bits per heavy atom. The van der Waals surface area contributed by atoms with Crippen LogP contribution in [0.25, 0.3) is 0 Å². The standard InChI is InChI=1S/C31H52F2O/c1-4-6-7-8-14-28(3)31(34-28)26(32)21-24(22-27(31)33)23-9-11-25(12-10-23)30-18-15-29(13-5-2,16-19-30)17-20-30/h23-27H,4-22H2,1-3H3. The van der Waals surface area contributed by atoms with Gasteiger partial charge in [0.2, 0.25) is 0 Å². The molecule has 0 aromatic rings. The molecule has 0 amide bonds. The largest absolute Gasteiger partial charge is 0.356 e. The third-order valence-corrected chi connectivity index (χ3v) is 12.2. The average Bonchev–Trinajstić information content (AvgIpc) is 3.48. The molecule has 1 heterocycles. The number of halogens is 2. The number of fused-ring (bicyclic) bond motifs is 3. The van der Waals surface area contributed by atoms with Crippen LogP contribution in [0.2, 0.25) is 0 Å². The highest BCUT2D eigenvalue weighted by atomic mass is 19.1. The SMILES string of the molecule is CCCCCCC1(C)OC12C(F)CC(C1CCC(C34CCC(CCC)(CC3)CC4)CC1)CC2F. The predicted octanol–water partition coefficient (Wildman–Crippen LogP) is 9.52. The van der Waals surface area contributed by atoms with Crippen LogP contribution in [0.1, 0.15) is 143 Å². The van der Waals surface area contributed by atoms with Gasteiger partial charge in [0.25, 0.3) is 0 Å². The van der Waals surface area contributed by atoms with Crippen LogP contribution in [-0.4, -0.2) is 23.5 Å². The number of alkyl halides is 2. The van der Waals surface area contributed by atoms with E-state index < -0.39 is 23.5 Å². The van der Waals surface area contributed by atoms with Crippen molar-refractivity contribution in [2.75, 3.05) is 0 Å². The van der Waals surface area contributed by atoms with E-state index >= 15 is 8.78 Å². The Hall–Kier alpha value is -0.180. The van der Waals surface area contributed by atoms with Gasteiger partial charge in [0.1, 0.15) is 17.9 Å². The molecule has 3 atom stereocenters. The molecule has 0 N–H and O–H groups in total. The molecule has 3 heteroatoms. The van der Waals surface area contributed by atoms with Crippen molar-refractivity contribution in [1.82, 2.24) is 0 Å². The molecule has 0 aromatic heterocycles. The first-order valence-corrected chi connectivity index (χ1v) is 15.3. The number of hydrogen-bond donors (Lipinski definition) is 0. The maximum atomic E-state index is 15.6. The number of epoxide rings is 1. The molecule has 6 fully saturated rings. The normalized spacial score (nSPS) is 50.6. The summed E-state index contributed by atoms with van der Waals surface area (Å²) >= 11 is 0. The van der Waals surface area contributed by atoms with Crippen molar-refractivity contribution in [2.24, 2.45) is 28.6 Å². The third-order valence-electron chi connectivity index (χ3n) is 12.2. The van der Waals surface area contributed by atoms with Crippen molar-refractivity contribution in [3.05, 3.63) is 0 Å². The maximum absolute atomic E-state index is 15.6. The van der Waals surface area contributed by atoms with E-state index in [1.807, 2.05) is 6.92 Å². The lowest BCUT2D eigenvalue weighted by Gasteiger charge is -2.58. The summed E-state index contributed by atoms with van der Waals surface area (Å²) in [5.41, 5.74) is -0.394. The lowest BCUT2D eigenvalue weighted by molar-refractivity contribution is -0.0710. The first-order chi connectivity index (χ1) is 16.3. The minimum absolute atomic E-state index is 0.220. The maximum Gasteiger partial charge on any atom is 0.159 e. The molecule has 5 saturated carbocycles. The summed E-state index contributed by atoms with van der Waals surface area (Å²) in [7, 11) is 0. The van der Waals surface area contributed by atoms with Crippen molar-refractivity contribution in [2.45, 2.75) is 166 Å². The summed E-state index contributed by atoms with van der Waals surface area (Å²) in [5, 5.41) is 0. The van der Waals surface area contributed by atoms with Crippen molar-refractivity contribution in [3.8, 4) is 0 Å². The molecule has 0 aromatic carbocycles. The van der Waals surface area contributed by atoms with Gasteiger partial charge in [-0.1, -0.05) is 46.0 Å². The molecule has 1 nitrogen and oxygen atoms in total. The molecule has 0 radical (unpaired) electrons. The van der Waals surface area contributed by atoms with Gasteiger partial charge in [0.15, 0.2) is 5.60 Å². The van der Waals surface area contributed by atoms with Gasteiger partial charge in [0, 0.05) is 0 Å². The molecule has 2 bridgehead atoms. The minimum Gasteiger partial charge on any atom is -0.356 e. The zero-order valence-electron chi connectivity index (χ0n) is 22.5. The van der Waals surface area contributed by atoms with Gasteiger partial charge < -0.3 is 4.74 Å². The molecule has 5 aliphatic carbocycles. The van der Waals surface area contributed by atoms with Crippen molar-refractivity contribution >= 4 is 0 Å². The lowest BCUT2D eigenvalue weighted by atomic mass is 9.47. The van der Waals surface area contributed by atoms with Crippen LogP contribution in [0.5, 0.6) is 0 Å². The summed E-state index contributed by atoms with van der Waals surface area (Å²) in [4.78, 5) is 0. The van der Waals surface area contributed by atoms with Crippen molar-refractivity contribution in [1.29, 1.82) is 0 Å². The Morgan fingerprint density at radius 1 is 0.706 bits per heavy atom. The third kappa shape index (κ3) is 4.20. The second-order valence-corrected chi connectivity index (χ2v) is 13.8. The molecule has 6 rings (SSSR count). The Morgan fingerprint density at radius 2 is 1.32 bits per heavy atom. The Kier molecular flexibility index (Phi) is 7.19. The Labute approximate surface area is 208 Å². The topological polar surface area (TPSA) is 12.5 Å². The number of rotatable bonds is 9. The fraction of sp³-hybridized carbons (Fsp3) is 1.00. The average molecular weight is 479 g/mol. The number of hydrogen-bond acceptors (Lipinski definition) is 1. The van der Waals surface area contributed by atoms with Crippen LogP contribution in [0, 0.1) is 28.6 Å². The van der Waals surface area contributed by atoms with E-state index in [0.717, 1.165) is 25.2 Å². The first-order valence-electron chi connectivity index (χ1n) is 15.3. The highest BCUT2D eigenvalue weighted by Gasteiger charge is 2.76. The number of unbranched alkanes of at least 4 members (excludes halogenated alkanes) is 3. The summed E-state index contributed by atoms with van der Waals surface area (Å²) in [6.07, 6.45) is 20.8. The lowest BCUT2D eigenvalue weighted by Crippen LogP contribution is -2.50. The highest BCUT2D eigenvalue weighted by Crippen LogP contribution is 2.65. The van der Waals surface area contributed by atoms with Crippen LogP contribution in [-0.2, 0) is 4.74 Å². The highest BCUT2D eigenvalue weighted by molar-refractivity contribution is 5.23. The Bertz CT molecular complexity index is 661. The Balaban J connectivity index is 1.13. The summed E-state index contributed by atoms with van der Waals surface area (Å²) in [5.74, 6) is 1.62. The van der Waals surface area contributed by atoms with E-state index in [0.29, 0.717) is 29.6 Å². The molecule has 6 aliphatic rings. The van der Waals surface area contributed by atoms with E-state index in [-0.39, 0.29) is 5.92 Å². The van der Waals surface area contributed by atoms with Crippen LogP contribution in [0.15, 0.2) is 0 Å².